The van der Waals surface area contributed by atoms with Gasteiger partial charge in [0.15, 0.2) is 18.0 Å². The fraction of sp³-hybridized carbons (Fsp3) is 0.424. The van der Waals surface area contributed by atoms with Gasteiger partial charge >= 0.3 is 5.97 Å². The maximum atomic E-state index is 13.6. The Balaban J connectivity index is 1.41. The van der Waals surface area contributed by atoms with Crippen molar-refractivity contribution in [2.24, 2.45) is 5.92 Å². The second kappa shape index (κ2) is 12.3. The first-order valence-electron chi connectivity index (χ1n) is 14.9. The van der Waals surface area contributed by atoms with Crippen molar-refractivity contribution in [3.63, 3.8) is 0 Å². The number of thiazole rings is 1. The van der Waals surface area contributed by atoms with Crippen molar-refractivity contribution >= 4 is 39.8 Å². The molecule has 1 saturated carbocycles. The average molecular weight is 586 g/mol. The normalized spacial score (nSPS) is 20.1. The summed E-state index contributed by atoms with van der Waals surface area (Å²) in [4.78, 5) is 37.6. The van der Waals surface area contributed by atoms with E-state index in [2.05, 4.69) is 46.1 Å². The molecule has 1 aliphatic carbocycles. The minimum atomic E-state index is -0.995. The third kappa shape index (κ3) is 5.94. The van der Waals surface area contributed by atoms with Gasteiger partial charge < -0.3 is 14.7 Å². The number of ether oxygens (including phenoxy) is 1. The smallest absolute Gasteiger partial charge is 0.328 e. The van der Waals surface area contributed by atoms with Crippen molar-refractivity contribution in [1.29, 1.82) is 0 Å². The molecule has 2 aromatic heterocycles. The molecule has 0 bridgehead atoms. The number of hydrogen-bond donors (Lipinski definition) is 1. The number of benzene rings is 1. The SMILES string of the molecule is Cc1nc(C)c(-c2ccc3cc(C4=[N+](C5CCCCC5)C=C(/C=C/C(=O)O)C4CC(=O)N4CCOCC4)ccc3n2)s1. The van der Waals surface area contributed by atoms with Gasteiger partial charge in [-0.25, -0.2) is 14.8 Å². The topological polar surface area (TPSA) is 95.6 Å². The highest BCUT2D eigenvalue weighted by Crippen LogP contribution is 2.35. The van der Waals surface area contributed by atoms with E-state index in [-0.39, 0.29) is 18.2 Å². The van der Waals surface area contributed by atoms with Crippen LogP contribution in [0, 0.1) is 19.8 Å². The summed E-state index contributed by atoms with van der Waals surface area (Å²) in [6.07, 6.45) is 11.0. The molecule has 3 aliphatic rings. The molecule has 1 atom stereocenters. The van der Waals surface area contributed by atoms with E-state index in [4.69, 9.17) is 9.72 Å². The van der Waals surface area contributed by atoms with Crippen molar-refractivity contribution in [1.82, 2.24) is 14.9 Å². The van der Waals surface area contributed by atoms with E-state index < -0.39 is 5.97 Å². The standard InChI is InChI=1S/C33H36N4O4S/c1-21-33(42-22(2)34-21)29-12-8-23-18-24(9-11-28(23)35-29)32-27(19-30(38)36-14-16-41-17-15-36)25(10-13-31(39)40)20-37(32)26-6-4-3-5-7-26/h8-13,18,20,26-27H,3-7,14-17,19H2,1-2H3/p+1/b13-10+. The summed E-state index contributed by atoms with van der Waals surface area (Å²) < 4.78 is 7.83. The van der Waals surface area contributed by atoms with Crippen LogP contribution in [0.1, 0.15) is 54.8 Å². The van der Waals surface area contributed by atoms with E-state index in [9.17, 15) is 14.7 Å². The Bertz CT molecular complexity index is 1610. The third-order valence-corrected chi connectivity index (χ3v) is 9.64. The van der Waals surface area contributed by atoms with Gasteiger partial charge in [-0.2, -0.15) is 4.58 Å². The first-order chi connectivity index (χ1) is 20.4. The molecule has 6 rings (SSSR count). The molecular formula is C33H37N4O4S+. The molecule has 218 valence electrons. The fourth-order valence-electron chi connectivity index (χ4n) is 6.51. The van der Waals surface area contributed by atoms with E-state index in [0.29, 0.717) is 32.3 Å². The van der Waals surface area contributed by atoms with Crippen molar-refractivity contribution < 1.29 is 24.0 Å². The second-order valence-electron chi connectivity index (χ2n) is 11.4. The number of carboxylic acid groups (broad SMARTS) is 1. The van der Waals surface area contributed by atoms with E-state index in [0.717, 1.165) is 61.9 Å². The molecule has 2 aliphatic heterocycles. The van der Waals surface area contributed by atoms with Gasteiger partial charge in [-0.3, -0.25) is 4.79 Å². The highest BCUT2D eigenvalue weighted by atomic mass is 32.1. The molecule has 2 fully saturated rings. The Morgan fingerprint density at radius 2 is 1.88 bits per heavy atom. The summed E-state index contributed by atoms with van der Waals surface area (Å²) in [6, 6.07) is 10.8. The first-order valence-corrected chi connectivity index (χ1v) is 15.7. The molecule has 42 heavy (non-hydrogen) atoms. The zero-order valence-electron chi connectivity index (χ0n) is 24.2. The van der Waals surface area contributed by atoms with Gasteiger partial charge in [0.1, 0.15) is 0 Å². The number of amides is 1. The van der Waals surface area contributed by atoms with Crippen LogP contribution in [0.5, 0.6) is 0 Å². The predicted molar refractivity (Wildman–Crippen MR) is 164 cm³/mol. The summed E-state index contributed by atoms with van der Waals surface area (Å²) >= 11 is 1.66. The van der Waals surface area contributed by atoms with Gasteiger partial charge in [0.05, 0.1) is 45.9 Å². The van der Waals surface area contributed by atoms with Crippen LogP contribution >= 0.6 is 11.3 Å². The summed E-state index contributed by atoms with van der Waals surface area (Å²) in [5.74, 6) is -1.17. The Labute approximate surface area is 250 Å². The van der Waals surface area contributed by atoms with Crippen LogP contribution in [0.25, 0.3) is 21.5 Å². The lowest BCUT2D eigenvalue weighted by Crippen LogP contribution is -2.42. The monoisotopic (exact) mass is 585 g/mol. The molecule has 1 N–H and O–H groups in total. The lowest BCUT2D eigenvalue weighted by molar-refractivity contribution is -0.502. The largest absolute Gasteiger partial charge is 0.478 e. The van der Waals surface area contributed by atoms with Gasteiger partial charge in [0, 0.05) is 55.0 Å². The zero-order chi connectivity index (χ0) is 29.2. The maximum absolute atomic E-state index is 13.6. The van der Waals surface area contributed by atoms with Gasteiger partial charge in [0.2, 0.25) is 5.91 Å². The Hall–Kier alpha value is -3.69. The van der Waals surface area contributed by atoms with E-state index >= 15 is 0 Å². The molecule has 1 aromatic carbocycles. The number of allylic oxidation sites excluding steroid dienone is 2. The predicted octanol–water partition coefficient (Wildman–Crippen LogP) is 5.51. The first kappa shape index (κ1) is 28.4. The number of morpholine rings is 1. The summed E-state index contributed by atoms with van der Waals surface area (Å²) in [6.45, 7) is 6.29. The number of aryl methyl sites for hydroxylation is 2. The molecule has 8 nitrogen and oxygen atoms in total. The van der Waals surface area contributed by atoms with Crippen molar-refractivity contribution in [3.8, 4) is 10.6 Å². The number of carbonyl (C=O) groups is 2. The van der Waals surface area contributed by atoms with Gasteiger partial charge in [-0.1, -0.05) is 12.5 Å². The van der Waals surface area contributed by atoms with Crippen LogP contribution in [0.2, 0.25) is 0 Å². The quantitative estimate of drug-likeness (QED) is 0.290. The Morgan fingerprint density at radius 3 is 2.60 bits per heavy atom. The Kier molecular flexibility index (Phi) is 8.31. The summed E-state index contributed by atoms with van der Waals surface area (Å²) in [5, 5.41) is 11.5. The molecule has 0 spiro atoms. The fourth-order valence-corrected chi connectivity index (χ4v) is 7.40. The van der Waals surface area contributed by atoms with E-state index in [1.54, 1.807) is 17.4 Å². The van der Waals surface area contributed by atoms with Crippen LogP contribution in [-0.4, -0.2) is 74.5 Å². The molecule has 4 heterocycles. The lowest BCUT2D eigenvalue weighted by Gasteiger charge is -2.28. The van der Waals surface area contributed by atoms with Crippen molar-refractivity contribution in [2.45, 2.75) is 58.4 Å². The number of rotatable bonds is 7. The molecule has 3 aromatic rings. The molecule has 1 saturated heterocycles. The number of hydrogen-bond acceptors (Lipinski definition) is 6. The molecule has 9 heteroatoms. The third-order valence-electron chi connectivity index (χ3n) is 8.55. The Morgan fingerprint density at radius 1 is 1.10 bits per heavy atom. The van der Waals surface area contributed by atoms with Crippen molar-refractivity contribution in [3.05, 3.63) is 70.5 Å². The number of aromatic nitrogens is 2. The van der Waals surface area contributed by atoms with Gasteiger partial charge in [-0.05, 0) is 57.0 Å². The van der Waals surface area contributed by atoms with Crippen LogP contribution in [0.4, 0.5) is 0 Å². The highest BCUT2D eigenvalue weighted by Gasteiger charge is 2.41. The number of nitrogens with zero attached hydrogens (tertiary/aromatic N) is 4. The van der Waals surface area contributed by atoms with Crippen LogP contribution in [-0.2, 0) is 14.3 Å². The molecule has 1 unspecified atom stereocenters. The summed E-state index contributed by atoms with van der Waals surface area (Å²) in [5.41, 5.74) is 5.81. The number of aliphatic carboxylic acids is 1. The lowest BCUT2D eigenvalue weighted by atomic mass is 9.87. The van der Waals surface area contributed by atoms with E-state index in [1.165, 1.54) is 25.3 Å². The van der Waals surface area contributed by atoms with E-state index in [1.807, 2.05) is 18.7 Å². The van der Waals surface area contributed by atoms with Crippen LogP contribution < -0.4 is 0 Å². The number of pyridine rings is 1. The average Bonchev–Trinajstić information content (AvgIpc) is 3.54. The number of fused-ring (bicyclic) bond motifs is 1. The second-order valence-corrected chi connectivity index (χ2v) is 12.6. The highest BCUT2D eigenvalue weighted by molar-refractivity contribution is 7.15. The molecule has 1 amide bonds. The van der Waals surface area contributed by atoms with Gasteiger partial charge in [0.25, 0.3) is 0 Å². The van der Waals surface area contributed by atoms with Crippen molar-refractivity contribution in [2.75, 3.05) is 26.3 Å². The van der Waals surface area contributed by atoms with Crippen LogP contribution in [0.3, 0.4) is 0 Å². The number of carboxylic acids is 1. The summed E-state index contributed by atoms with van der Waals surface area (Å²) in [7, 11) is 0. The zero-order valence-corrected chi connectivity index (χ0v) is 25.0. The maximum Gasteiger partial charge on any atom is 0.328 e. The van der Waals surface area contributed by atoms with Crippen LogP contribution in [0.15, 0.2) is 54.3 Å². The van der Waals surface area contributed by atoms with Gasteiger partial charge in [-0.15, -0.1) is 11.3 Å². The molecular weight excluding hydrogens is 548 g/mol. The minimum absolute atomic E-state index is 0.0724. The number of carbonyl (C=O) groups excluding carboxylic acids is 1. The molecule has 0 radical (unpaired) electrons. The minimum Gasteiger partial charge on any atom is -0.478 e.